The van der Waals surface area contributed by atoms with Gasteiger partial charge in [-0.05, 0) is 23.6 Å². The molecule has 0 bridgehead atoms. The molecule has 1 aromatic carbocycles. The van der Waals surface area contributed by atoms with Crippen molar-refractivity contribution < 1.29 is 8.83 Å². The Labute approximate surface area is 138 Å². The first kappa shape index (κ1) is 14.3. The number of nitrogens with zero attached hydrogens (tertiary/aromatic N) is 3. The van der Waals surface area contributed by atoms with E-state index in [0.717, 1.165) is 10.4 Å². The highest BCUT2D eigenvalue weighted by atomic mass is 32.2. The van der Waals surface area contributed by atoms with Gasteiger partial charge in [-0.25, -0.2) is 4.79 Å². The van der Waals surface area contributed by atoms with E-state index in [-0.39, 0.29) is 5.76 Å². The van der Waals surface area contributed by atoms with E-state index in [1.807, 2.05) is 35.7 Å². The van der Waals surface area contributed by atoms with Crippen LogP contribution >= 0.6 is 23.1 Å². The lowest BCUT2D eigenvalue weighted by Gasteiger charge is -1.99. The predicted molar refractivity (Wildman–Crippen MR) is 88.8 cm³/mol. The van der Waals surface area contributed by atoms with Crippen LogP contribution in [0.3, 0.4) is 0 Å². The summed E-state index contributed by atoms with van der Waals surface area (Å²) in [5, 5.41) is 10.5. The fourth-order valence-electron chi connectivity index (χ4n) is 2.22. The zero-order valence-corrected chi connectivity index (χ0v) is 13.5. The lowest BCUT2D eigenvalue weighted by atomic mass is 10.3. The molecule has 116 valence electrons. The predicted octanol–water partition coefficient (Wildman–Crippen LogP) is 3.50. The third-order valence-corrected chi connectivity index (χ3v) is 4.91. The van der Waals surface area contributed by atoms with Crippen LogP contribution in [-0.4, -0.2) is 20.5 Å². The zero-order valence-electron chi connectivity index (χ0n) is 11.8. The van der Waals surface area contributed by atoms with Gasteiger partial charge in [0.05, 0.1) is 10.4 Å². The first-order valence-corrected chi connectivity index (χ1v) is 8.76. The van der Waals surface area contributed by atoms with Crippen LogP contribution in [0.5, 0.6) is 0 Å². The highest BCUT2D eigenvalue weighted by Gasteiger charge is 2.11. The Morgan fingerprint density at radius 1 is 1.13 bits per heavy atom. The molecule has 23 heavy (non-hydrogen) atoms. The number of thioether (sulfide) groups is 1. The van der Waals surface area contributed by atoms with E-state index < -0.39 is 0 Å². The molecule has 6 nitrogen and oxygen atoms in total. The van der Waals surface area contributed by atoms with Gasteiger partial charge in [-0.1, -0.05) is 30.0 Å². The SMILES string of the molecule is O=c1oc2ccccc2n1CCSc1nnc(-c2cccs2)o1. The molecule has 8 heteroatoms. The fourth-order valence-corrected chi connectivity index (χ4v) is 3.55. The van der Waals surface area contributed by atoms with Crippen molar-refractivity contribution in [2.45, 2.75) is 11.8 Å². The van der Waals surface area contributed by atoms with Crippen molar-refractivity contribution in [1.29, 1.82) is 0 Å². The monoisotopic (exact) mass is 345 g/mol. The van der Waals surface area contributed by atoms with Gasteiger partial charge in [0, 0.05) is 12.3 Å². The summed E-state index contributed by atoms with van der Waals surface area (Å²) in [6, 6.07) is 11.2. The van der Waals surface area contributed by atoms with Gasteiger partial charge in [-0.15, -0.1) is 21.5 Å². The van der Waals surface area contributed by atoms with Crippen LogP contribution in [0, 0.1) is 0 Å². The Kier molecular flexibility index (Phi) is 3.76. The van der Waals surface area contributed by atoms with E-state index in [1.165, 1.54) is 11.8 Å². The molecule has 0 aliphatic rings. The Morgan fingerprint density at radius 3 is 2.91 bits per heavy atom. The molecule has 0 fully saturated rings. The highest BCUT2D eigenvalue weighted by molar-refractivity contribution is 7.99. The number of para-hydroxylation sites is 2. The molecule has 0 saturated carbocycles. The Morgan fingerprint density at radius 2 is 2.04 bits per heavy atom. The minimum atomic E-state index is -0.350. The average molecular weight is 345 g/mol. The van der Waals surface area contributed by atoms with Crippen molar-refractivity contribution in [2.75, 3.05) is 5.75 Å². The summed E-state index contributed by atoms with van der Waals surface area (Å²) in [6.45, 7) is 0.511. The summed E-state index contributed by atoms with van der Waals surface area (Å²) in [7, 11) is 0. The highest BCUT2D eigenvalue weighted by Crippen LogP contribution is 2.26. The van der Waals surface area contributed by atoms with E-state index >= 15 is 0 Å². The smallest absolute Gasteiger partial charge is 0.410 e. The summed E-state index contributed by atoms with van der Waals surface area (Å²) < 4.78 is 12.4. The Hall–Kier alpha value is -2.32. The number of hydrogen-bond donors (Lipinski definition) is 0. The molecule has 3 aromatic heterocycles. The molecule has 0 amide bonds. The molecule has 4 aromatic rings. The van der Waals surface area contributed by atoms with Crippen molar-refractivity contribution >= 4 is 34.2 Å². The summed E-state index contributed by atoms with van der Waals surface area (Å²) in [5.41, 5.74) is 1.39. The first-order valence-electron chi connectivity index (χ1n) is 6.90. The maximum absolute atomic E-state index is 11.9. The van der Waals surface area contributed by atoms with Crippen LogP contribution in [0.2, 0.25) is 0 Å². The van der Waals surface area contributed by atoms with E-state index in [4.69, 9.17) is 8.83 Å². The molecular weight excluding hydrogens is 334 g/mol. The van der Waals surface area contributed by atoms with Crippen LogP contribution in [-0.2, 0) is 6.54 Å². The largest absolute Gasteiger partial charge is 0.419 e. The number of hydrogen-bond acceptors (Lipinski definition) is 7. The summed E-state index contributed by atoms with van der Waals surface area (Å²) >= 11 is 2.97. The molecule has 3 heterocycles. The quantitative estimate of drug-likeness (QED) is 0.515. The second-order valence-corrected chi connectivity index (χ2v) is 6.68. The molecule has 0 aliphatic heterocycles. The van der Waals surface area contributed by atoms with E-state index in [0.29, 0.717) is 29.0 Å². The lowest BCUT2D eigenvalue weighted by Crippen LogP contribution is -2.15. The first-order chi connectivity index (χ1) is 11.3. The summed E-state index contributed by atoms with van der Waals surface area (Å²) in [4.78, 5) is 12.8. The van der Waals surface area contributed by atoms with E-state index in [2.05, 4.69) is 10.2 Å². The van der Waals surface area contributed by atoms with Gasteiger partial charge in [0.25, 0.3) is 11.1 Å². The van der Waals surface area contributed by atoms with E-state index in [1.54, 1.807) is 22.0 Å². The molecule has 0 N–H and O–H groups in total. The maximum Gasteiger partial charge on any atom is 0.419 e. The van der Waals surface area contributed by atoms with Gasteiger partial charge < -0.3 is 8.83 Å². The molecular formula is C15H11N3O3S2. The standard InChI is InChI=1S/C15H11N3O3S2/c19-15-18(10-4-1-2-5-11(10)20-15)7-9-23-14-17-16-13(21-14)12-6-3-8-22-12/h1-6,8H,7,9H2. The minimum absolute atomic E-state index is 0.350. The number of thiophene rings is 1. The number of rotatable bonds is 5. The van der Waals surface area contributed by atoms with E-state index in [9.17, 15) is 4.79 Å². The van der Waals surface area contributed by atoms with Crippen LogP contribution in [0.1, 0.15) is 0 Å². The van der Waals surface area contributed by atoms with Crippen molar-refractivity contribution in [3.05, 3.63) is 52.3 Å². The number of aromatic nitrogens is 3. The molecule has 0 atom stereocenters. The second-order valence-electron chi connectivity index (χ2n) is 4.69. The minimum Gasteiger partial charge on any atom is -0.410 e. The molecule has 0 radical (unpaired) electrons. The molecule has 0 aliphatic carbocycles. The molecule has 0 saturated heterocycles. The van der Waals surface area contributed by atoms with Gasteiger partial charge in [0.1, 0.15) is 0 Å². The number of benzene rings is 1. The maximum atomic E-state index is 11.9. The normalized spacial score (nSPS) is 11.3. The van der Waals surface area contributed by atoms with Crippen LogP contribution in [0.25, 0.3) is 21.9 Å². The van der Waals surface area contributed by atoms with Gasteiger partial charge in [0.15, 0.2) is 5.58 Å². The Balaban J connectivity index is 1.46. The third kappa shape index (κ3) is 2.82. The second kappa shape index (κ2) is 6.05. The van der Waals surface area contributed by atoms with Gasteiger partial charge in [0.2, 0.25) is 0 Å². The number of fused-ring (bicyclic) bond motifs is 1. The lowest BCUT2D eigenvalue weighted by molar-refractivity contribution is 0.466. The van der Waals surface area contributed by atoms with Gasteiger partial charge in [-0.2, -0.15) is 0 Å². The molecule has 0 spiro atoms. The van der Waals surface area contributed by atoms with Crippen LogP contribution in [0.4, 0.5) is 0 Å². The zero-order chi connectivity index (χ0) is 15.6. The van der Waals surface area contributed by atoms with Crippen LogP contribution < -0.4 is 5.76 Å². The number of aryl methyl sites for hydroxylation is 1. The number of oxazole rings is 1. The van der Waals surface area contributed by atoms with Crippen molar-refractivity contribution in [3.63, 3.8) is 0 Å². The van der Waals surface area contributed by atoms with Crippen molar-refractivity contribution in [1.82, 2.24) is 14.8 Å². The fraction of sp³-hybridized carbons (Fsp3) is 0.133. The van der Waals surface area contributed by atoms with Crippen LogP contribution in [0.15, 0.2) is 60.6 Å². The van der Waals surface area contributed by atoms with Gasteiger partial charge >= 0.3 is 5.76 Å². The van der Waals surface area contributed by atoms with Crippen molar-refractivity contribution in [2.24, 2.45) is 0 Å². The topological polar surface area (TPSA) is 74.1 Å². The average Bonchev–Trinajstić information content (AvgIpc) is 3.27. The molecule has 4 rings (SSSR count). The summed E-state index contributed by atoms with van der Waals surface area (Å²) in [6.07, 6.45) is 0. The Bertz CT molecular complexity index is 985. The van der Waals surface area contributed by atoms with Gasteiger partial charge in [-0.3, -0.25) is 4.57 Å². The van der Waals surface area contributed by atoms with Crippen molar-refractivity contribution in [3.8, 4) is 10.8 Å². The summed E-state index contributed by atoms with van der Waals surface area (Å²) in [5.74, 6) is 0.806. The third-order valence-electron chi connectivity index (χ3n) is 3.25. The molecule has 0 unspecified atom stereocenters.